The highest BCUT2D eigenvalue weighted by Crippen LogP contribution is 2.27. The Morgan fingerprint density at radius 3 is 1.93 bits per heavy atom. The number of carbonyl (C=O) groups excluding carboxylic acids is 2. The molecule has 0 aliphatic carbocycles. The lowest BCUT2D eigenvalue weighted by molar-refractivity contribution is -0.148. The van der Waals surface area contributed by atoms with Crippen LogP contribution in [0.15, 0.2) is 60.7 Å². The molecule has 0 saturated heterocycles. The molecular weight excluding hydrogens is 363 g/mol. The Kier molecular flexibility index (Phi) is 8.97. The molecule has 0 spiro atoms. The lowest BCUT2D eigenvalue weighted by atomic mass is 9.74. The topological polar surface area (TPSA) is 52.6 Å². The average molecular weight is 394 g/mol. The van der Waals surface area contributed by atoms with Crippen LogP contribution in [0.2, 0.25) is 5.82 Å². The second-order valence-corrected chi connectivity index (χ2v) is 7.92. The van der Waals surface area contributed by atoms with Crippen molar-refractivity contribution < 1.29 is 19.1 Å². The van der Waals surface area contributed by atoms with Gasteiger partial charge in [-0.2, -0.15) is 0 Å². The highest BCUT2D eigenvalue weighted by molar-refractivity contribution is 6.23. The summed E-state index contributed by atoms with van der Waals surface area (Å²) in [7, 11) is 1.88. The van der Waals surface area contributed by atoms with E-state index in [1.165, 1.54) is 0 Å². The quantitative estimate of drug-likeness (QED) is 0.449. The minimum Gasteiger partial charge on any atom is -0.466 e. The molecule has 0 aromatic heterocycles. The van der Waals surface area contributed by atoms with E-state index in [9.17, 15) is 9.59 Å². The van der Waals surface area contributed by atoms with Crippen LogP contribution < -0.4 is 0 Å². The minimum absolute atomic E-state index is 0.0471. The lowest BCUT2D eigenvalue weighted by Gasteiger charge is -2.20. The molecule has 4 unspecified atom stereocenters. The van der Waals surface area contributed by atoms with Crippen molar-refractivity contribution in [1.29, 1.82) is 0 Å². The Hall–Kier alpha value is -2.56. The smallest absolute Gasteiger partial charge is 0.306 e. The first-order chi connectivity index (χ1) is 13.9. The Bertz CT molecular complexity index is 763. The van der Waals surface area contributed by atoms with Crippen molar-refractivity contribution in [3.8, 4) is 0 Å². The fourth-order valence-electron chi connectivity index (χ4n) is 3.10. The Balaban J connectivity index is 1.70. The summed E-state index contributed by atoms with van der Waals surface area (Å²) in [5, 5.41) is 0. The van der Waals surface area contributed by atoms with Crippen molar-refractivity contribution in [3.05, 3.63) is 71.8 Å². The predicted octanol–water partition coefficient (Wildman–Crippen LogP) is 4.13. The van der Waals surface area contributed by atoms with Gasteiger partial charge in [-0.15, -0.1) is 0 Å². The normalized spacial score (nSPS) is 15.0. The third-order valence-electron chi connectivity index (χ3n) is 5.33. The monoisotopic (exact) mass is 394 g/mol. The van der Waals surface area contributed by atoms with Crippen LogP contribution in [0.3, 0.4) is 0 Å². The Labute approximate surface area is 175 Å². The molecule has 0 aliphatic rings. The maximum Gasteiger partial charge on any atom is 0.306 e. The number of rotatable bonds is 10. The number of hydrogen-bond donors (Lipinski definition) is 0. The van der Waals surface area contributed by atoms with Gasteiger partial charge >= 0.3 is 11.9 Å². The molecular formula is C24H31BO4. The van der Waals surface area contributed by atoms with Crippen LogP contribution in [0.4, 0.5) is 0 Å². The zero-order valence-electron chi connectivity index (χ0n) is 17.8. The standard InChI is InChI=1S/C24H31BO4/c1-17(15-28-22(26)14-18(2)20-10-6-4-7-11-20)16-29-24(27)23(25)19(3)21-12-8-5-9-13-21/h4-13,17-19,23H,14-16,25H2,1-3H3. The summed E-state index contributed by atoms with van der Waals surface area (Å²) in [6.07, 6.45) is 0.335. The Morgan fingerprint density at radius 1 is 0.828 bits per heavy atom. The molecule has 0 radical (unpaired) electrons. The van der Waals surface area contributed by atoms with Crippen LogP contribution >= 0.6 is 0 Å². The first-order valence-electron chi connectivity index (χ1n) is 10.3. The van der Waals surface area contributed by atoms with Gasteiger partial charge < -0.3 is 9.47 Å². The second kappa shape index (κ2) is 11.4. The lowest BCUT2D eigenvalue weighted by Crippen LogP contribution is -2.23. The third kappa shape index (κ3) is 7.41. The van der Waals surface area contributed by atoms with E-state index in [-0.39, 0.29) is 48.7 Å². The van der Waals surface area contributed by atoms with Crippen molar-refractivity contribution in [2.24, 2.45) is 5.92 Å². The van der Waals surface area contributed by atoms with Crippen LogP contribution in [0, 0.1) is 5.92 Å². The van der Waals surface area contributed by atoms with Gasteiger partial charge in [-0.3, -0.25) is 9.59 Å². The molecule has 29 heavy (non-hydrogen) atoms. The van der Waals surface area contributed by atoms with Gasteiger partial charge in [-0.05, 0) is 23.0 Å². The number of esters is 2. The van der Waals surface area contributed by atoms with Gasteiger partial charge in [0.05, 0.1) is 19.6 Å². The highest BCUT2D eigenvalue weighted by Gasteiger charge is 2.23. The van der Waals surface area contributed by atoms with Crippen molar-refractivity contribution in [3.63, 3.8) is 0 Å². The molecule has 0 saturated carbocycles. The van der Waals surface area contributed by atoms with Crippen LogP contribution in [-0.2, 0) is 19.1 Å². The molecule has 4 atom stereocenters. The first kappa shape index (κ1) is 22.7. The van der Waals surface area contributed by atoms with E-state index in [0.29, 0.717) is 6.42 Å². The Morgan fingerprint density at radius 2 is 1.34 bits per heavy atom. The van der Waals surface area contributed by atoms with Crippen LogP contribution in [-0.4, -0.2) is 33.0 Å². The maximum atomic E-state index is 12.4. The maximum absolute atomic E-state index is 12.4. The minimum atomic E-state index is -0.237. The zero-order chi connectivity index (χ0) is 21.2. The first-order valence-corrected chi connectivity index (χ1v) is 10.3. The van der Waals surface area contributed by atoms with Gasteiger partial charge in [0.1, 0.15) is 7.85 Å². The van der Waals surface area contributed by atoms with E-state index in [1.54, 1.807) is 0 Å². The molecule has 0 aliphatic heterocycles. The molecule has 2 rings (SSSR count). The molecule has 0 fully saturated rings. The van der Waals surface area contributed by atoms with Crippen LogP contribution in [0.5, 0.6) is 0 Å². The van der Waals surface area contributed by atoms with Crippen molar-refractivity contribution in [1.82, 2.24) is 0 Å². The van der Waals surface area contributed by atoms with E-state index in [2.05, 4.69) is 0 Å². The van der Waals surface area contributed by atoms with Gasteiger partial charge in [-0.1, -0.05) is 81.4 Å². The summed E-state index contributed by atoms with van der Waals surface area (Å²) in [6.45, 7) is 6.44. The van der Waals surface area contributed by atoms with Gasteiger partial charge in [0, 0.05) is 11.7 Å². The summed E-state index contributed by atoms with van der Waals surface area (Å²) in [5.74, 6) is -0.552. The number of benzene rings is 2. The zero-order valence-corrected chi connectivity index (χ0v) is 17.8. The van der Waals surface area contributed by atoms with E-state index >= 15 is 0 Å². The largest absolute Gasteiger partial charge is 0.466 e. The fraction of sp³-hybridized carbons (Fsp3) is 0.417. The number of ether oxygens (including phenoxy) is 2. The van der Waals surface area contributed by atoms with E-state index < -0.39 is 0 Å². The molecule has 0 amide bonds. The van der Waals surface area contributed by atoms with E-state index in [1.807, 2.05) is 89.3 Å². The van der Waals surface area contributed by atoms with Crippen molar-refractivity contribution >= 4 is 19.8 Å². The summed E-state index contributed by atoms with van der Waals surface area (Å²) in [4.78, 5) is 24.5. The van der Waals surface area contributed by atoms with Crippen molar-refractivity contribution in [2.75, 3.05) is 13.2 Å². The summed E-state index contributed by atoms with van der Waals surface area (Å²) in [6, 6.07) is 19.9. The molecule has 2 aromatic carbocycles. The molecule has 2 aromatic rings. The van der Waals surface area contributed by atoms with E-state index in [4.69, 9.17) is 9.47 Å². The second-order valence-electron chi connectivity index (χ2n) is 7.92. The fourth-order valence-corrected chi connectivity index (χ4v) is 3.10. The third-order valence-corrected chi connectivity index (χ3v) is 5.33. The van der Waals surface area contributed by atoms with Gasteiger partial charge in [-0.25, -0.2) is 0 Å². The van der Waals surface area contributed by atoms with Gasteiger partial charge in [0.25, 0.3) is 0 Å². The molecule has 0 N–H and O–H groups in total. The molecule has 4 nitrogen and oxygen atoms in total. The number of hydrogen-bond acceptors (Lipinski definition) is 4. The van der Waals surface area contributed by atoms with Crippen molar-refractivity contribution in [2.45, 2.75) is 44.8 Å². The molecule has 0 bridgehead atoms. The molecule has 0 heterocycles. The summed E-state index contributed by atoms with van der Waals surface area (Å²) < 4.78 is 10.8. The summed E-state index contributed by atoms with van der Waals surface area (Å²) in [5.41, 5.74) is 2.24. The SMILES string of the molecule is BC(C(=O)OCC(C)COC(=O)CC(C)c1ccccc1)C(C)c1ccccc1. The summed E-state index contributed by atoms with van der Waals surface area (Å²) >= 11 is 0. The highest BCUT2D eigenvalue weighted by atomic mass is 16.5. The number of carbonyl (C=O) groups is 2. The van der Waals surface area contributed by atoms with Gasteiger partial charge in [0.2, 0.25) is 0 Å². The molecule has 154 valence electrons. The predicted molar refractivity (Wildman–Crippen MR) is 118 cm³/mol. The molecule has 5 heteroatoms. The average Bonchev–Trinajstić information content (AvgIpc) is 2.76. The van der Waals surface area contributed by atoms with E-state index in [0.717, 1.165) is 11.1 Å². The van der Waals surface area contributed by atoms with Crippen LogP contribution in [0.25, 0.3) is 0 Å². The van der Waals surface area contributed by atoms with Crippen LogP contribution in [0.1, 0.15) is 50.2 Å². The van der Waals surface area contributed by atoms with Gasteiger partial charge in [0.15, 0.2) is 0 Å².